The van der Waals surface area contributed by atoms with Crippen LogP contribution in [0.5, 0.6) is 0 Å². The Morgan fingerprint density at radius 1 is 1.45 bits per heavy atom. The Balaban J connectivity index is 2.18. The van der Waals surface area contributed by atoms with Crippen molar-refractivity contribution in [3.63, 3.8) is 0 Å². The first-order valence-electron chi connectivity index (χ1n) is 6.56. The van der Waals surface area contributed by atoms with Gasteiger partial charge in [0.2, 0.25) is 0 Å². The van der Waals surface area contributed by atoms with Gasteiger partial charge in [-0.2, -0.15) is 0 Å². The van der Waals surface area contributed by atoms with Gasteiger partial charge in [0.05, 0.1) is 12.1 Å². The van der Waals surface area contributed by atoms with E-state index in [0.29, 0.717) is 12.0 Å². The summed E-state index contributed by atoms with van der Waals surface area (Å²) in [4.78, 5) is 22.6. The predicted octanol–water partition coefficient (Wildman–Crippen LogP) is 1.98. The van der Waals surface area contributed by atoms with Crippen LogP contribution in [0.15, 0.2) is 18.2 Å². The summed E-state index contributed by atoms with van der Waals surface area (Å²) < 4.78 is 5.19. The number of hydrogen-bond donors (Lipinski definition) is 2. The van der Waals surface area contributed by atoms with Gasteiger partial charge in [0.25, 0.3) is 0 Å². The van der Waals surface area contributed by atoms with Gasteiger partial charge in [0.15, 0.2) is 0 Å². The van der Waals surface area contributed by atoms with Crippen LogP contribution < -0.4 is 5.32 Å². The molecule has 1 aromatic rings. The number of carbonyl (C=O) groups is 2. The zero-order chi connectivity index (χ0) is 14.9. The number of nitrogens with one attached hydrogen (secondary N) is 1. The van der Waals surface area contributed by atoms with Gasteiger partial charge in [-0.15, -0.1) is 0 Å². The molecule has 1 aromatic carbocycles. The minimum atomic E-state index is -0.709. The van der Waals surface area contributed by atoms with Crippen molar-refractivity contribution in [1.29, 1.82) is 0 Å². The number of aliphatic hydroxyl groups excluding tert-OH is 1. The smallest absolute Gasteiger partial charge is 0.408 e. The highest BCUT2D eigenvalue weighted by Crippen LogP contribution is 2.32. The Bertz CT molecular complexity index is 533. The fraction of sp³-hybridized carbons (Fsp3) is 0.467. The highest BCUT2D eigenvalue weighted by Gasteiger charge is 2.33. The van der Waals surface area contributed by atoms with Gasteiger partial charge in [-0.05, 0) is 38.0 Å². The zero-order valence-electron chi connectivity index (χ0n) is 11.8. The maximum absolute atomic E-state index is 11.8. The lowest BCUT2D eigenvalue weighted by Crippen LogP contribution is -2.38. The van der Waals surface area contributed by atoms with E-state index in [4.69, 9.17) is 4.74 Å². The van der Waals surface area contributed by atoms with Crippen molar-refractivity contribution < 1.29 is 19.4 Å². The van der Waals surface area contributed by atoms with Crippen LogP contribution in [0.25, 0.3) is 0 Å². The third-order valence-corrected chi connectivity index (χ3v) is 3.13. The average Bonchev–Trinajstić information content (AvgIpc) is 2.63. The normalized spacial score (nSPS) is 21.2. The Morgan fingerprint density at radius 2 is 2.15 bits per heavy atom. The third kappa shape index (κ3) is 3.17. The van der Waals surface area contributed by atoms with Crippen molar-refractivity contribution in [2.24, 2.45) is 0 Å². The molecule has 0 heterocycles. The van der Waals surface area contributed by atoms with Gasteiger partial charge < -0.3 is 15.2 Å². The fourth-order valence-corrected chi connectivity index (χ4v) is 2.32. The fourth-order valence-electron chi connectivity index (χ4n) is 2.32. The average molecular weight is 277 g/mol. The molecule has 2 rings (SSSR count). The molecule has 0 saturated carbocycles. The van der Waals surface area contributed by atoms with Gasteiger partial charge in [0, 0.05) is 12.0 Å². The lowest BCUT2D eigenvalue weighted by Gasteiger charge is -2.23. The second-order valence-electron chi connectivity index (χ2n) is 5.97. The van der Waals surface area contributed by atoms with E-state index >= 15 is 0 Å². The van der Waals surface area contributed by atoms with E-state index in [1.54, 1.807) is 39.0 Å². The van der Waals surface area contributed by atoms with E-state index in [1.165, 1.54) is 0 Å². The van der Waals surface area contributed by atoms with Crippen molar-refractivity contribution in [3.05, 3.63) is 34.9 Å². The molecule has 20 heavy (non-hydrogen) atoms. The summed E-state index contributed by atoms with van der Waals surface area (Å²) in [6.07, 6.45) is -0.0879. The summed E-state index contributed by atoms with van der Waals surface area (Å²) in [5.41, 5.74) is 1.63. The molecule has 108 valence electrons. The molecule has 1 amide bonds. The maximum atomic E-state index is 11.8. The quantitative estimate of drug-likeness (QED) is 0.810. The number of rotatable bonds is 2. The summed E-state index contributed by atoms with van der Waals surface area (Å²) in [6.45, 7) is 5.32. The summed E-state index contributed by atoms with van der Waals surface area (Å²) >= 11 is 0. The molecule has 0 aromatic heterocycles. The lowest BCUT2D eigenvalue weighted by molar-refractivity contribution is 0.0438. The van der Waals surface area contributed by atoms with Crippen molar-refractivity contribution in [2.75, 3.05) is 0 Å². The standard InChI is InChI=1S/C15H19NO4/c1-15(2,3)20-14(19)16-13-11-6-9(8-17)4-5-10(11)7-12(13)18/h4-6,8,12-13,18H,7H2,1-3H3,(H,16,19)/t12-,13-/m1/s1. The van der Waals surface area contributed by atoms with Gasteiger partial charge in [-0.3, -0.25) is 4.79 Å². The van der Waals surface area contributed by atoms with E-state index in [1.807, 2.05) is 0 Å². The molecular weight excluding hydrogens is 258 g/mol. The number of alkyl carbamates (subject to hydrolysis) is 1. The highest BCUT2D eigenvalue weighted by atomic mass is 16.6. The molecule has 5 nitrogen and oxygen atoms in total. The van der Waals surface area contributed by atoms with Crippen molar-refractivity contribution in [1.82, 2.24) is 5.32 Å². The van der Waals surface area contributed by atoms with Gasteiger partial charge >= 0.3 is 6.09 Å². The van der Waals surface area contributed by atoms with Crippen LogP contribution in [-0.2, 0) is 11.2 Å². The first kappa shape index (κ1) is 14.5. The molecule has 1 aliphatic carbocycles. The monoisotopic (exact) mass is 277 g/mol. The van der Waals surface area contributed by atoms with Gasteiger partial charge in [0.1, 0.15) is 11.9 Å². The zero-order valence-corrected chi connectivity index (χ0v) is 11.8. The minimum Gasteiger partial charge on any atom is -0.444 e. The van der Waals surface area contributed by atoms with Crippen LogP contribution in [0.2, 0.25) is 0 Å². The molecular formula is C15H19NO4. The Kier molecular flexibility index (Phi) is 3.81. The second kappa shape index (κ2) is 5.25. The number of carbonyl (C=O) groups excluding carboxylic acids is 2. The Morgan fingerprint density at radius 3 is 2.75 bits per heavy atom. The van der Waals surface area contributed by atoms with E-state index in [2.05, 4.69) is 5.32 Å². The van der Waals surface area contributed by atoms with Crippen LogP contribution in [-0.4, -0.2) is 29.2 Å². The summed E-state index contributed by atoms with van der Waals surface area (Å²) in [5.74, 6) is 0. The van der Waals surface area contributed by atoms with E-state index in [9.17, 15) is 14.7 Å². The van der Waals surface area contributed by atoms with Crippen molar-refractivity contribution in [2.45, 2.75) is 44.9 Å². The van der Waals surface area contributed by atoms with Crippen molar-refractivity contribution >= 4 is 12.4 Å². The predicted molar refractivity (Wildman–Crippen MR) is 73.7 cm³/mol. The van der Waals surface area contributed by atoms with E-state index in [-0.39, 0.29) is 0 Å². The molecule has 0 spiro atoms. The first-order valence-corrected chi connectivity index (χ1v) is 6.56. The topological polar surface area (TPSA) is 75.6 Å². The Labute approximate surface area is 117 Å². The van der Waals surface area contributed by atoms with Crippen LogP contribution in [0.4, 0.5) is 4.79 Å². The van der Waals surface area contributed by atoms with E-state index < -0.39 is 23.8 Å². The number of fused-ring (bicyclic) bond motifs is 1. The lowest BCUT2D eigenvalue weighted by atomic mass is 10.0. The molecule has 0 saturated heterocycles. The highest BCUT2D eigenvalue weighted by molar-refractivity contribution is 5.76. The summed E-state index contributed by atoms with van der Waals surface area (Å²) in [6, 6.07) is 4.66. The molecule has 1 aliphatic rings. The minimum absolute atomic E-state index is 0.453. The molecule has 2 atom stereocenters. The number of ether oxygens (including phenoxy) is 1. The SMILES string of the molecule is CC(C)(C)OC(=O)N[C@@H]1c2cc(C=O)ccc2C[C@H]1O. The Hall–Kier alpha value is -1.88. The maximum Gasteiger partial charge on any atom is 0.408 e. The van der Waals surface area contributed by atoms with Crippen LogP contribution in [0.1, 0.15) is 48.3 Å². The van der Waals surface area contributed by atoms with Crippen molar-refractivity contribution in [3.8, 4) is 0 Å². The first-order chi connectivity index (χ1) is 9.30. The number of benzene rings is 1. The summed E-state index contributed by atoms with van der Waals surface area (Å²) in [5, 5.41) is 12.7. The largest absolute Gasteiger partial charge is 0.444 e. The third-order valence-electron chi connectivity index (χ3n) is 3.13. The number of aliphatic hydroxyl groups is 1. The van der Waals surface area contributed by atoms with Crippen LogP contribution in [0, 0.1) is 0 Å². The van der Waals surface area contributed by atoms with Crippen LogP contribution >= 0.6 is 0 Å². The van der Waals surface area contributed by atoms with Crippen LogP contribution in [0.3, 0.4) is 0 Å². The molecule has 0 bridgehead atoms. The molecule has 0 aliphatic heterocycles. The number of hydrogen-bond acceptors (Lipinski definition) is 4. The second-order valence-corrected chi connectivity index (χ2v) is 5.97. The van der Waals surface area contributed by atoms with Gasteiger partial charge in [-0.25, -0.2) is 4.79 Å². The van der Waals surface area contributed by atoms with E-state index in [0.717, 1.165) is 17.4 Å². The molecule has 5 heteroatoms. The summed E-state index contributed by atoms with van der Waals surface area (Å²) in [7, 11) is 0. The van der Waals surface area contributed by atoms with Gasteiger partial charge in [-0.1, -0.05) is 12.1 Å². The molecule has 2 N–H and O–H groups in total. The number of aldehydes is 1. The number of amides is 1. The molecule has 0 radical (unpaired) electrons. The molecule has 0 fully saturated rings. The molecule has 0 unspecified atom stereocenters.